The smallest absolute Gasteiger partial charge is 0.264 e. The maximum Gasteiger partial charge on any atom is 0.264 e. The summed E-state index contributed by atoms with van der Waals surface area (Å²) in [6.07, 6.45) is 0.371. The molecule has 3 rings (SSSR count). The molecular weight excluding hydrogens is 510 g/mol. The van der Waals surface area contributed by atoms with Crippen molar-refractivity contribution in [2.45, 2.75) is 44.7 Å². The van der Waals surface area contributed by atoms with Crippen molar-refractivity contribution in [1.29, 1.82) is 0 Å². The van der Waals surface area contributed by atoms with Gasteiger partial charge in [-0.2, -0.15) is 0 Å². The minimum Gasteiger partial charge on any atom is -0.355 e. The highest BCUT2D eigenvalue weighted by Crippen LogP contribution is 2.26. The largest absolute Gasteiger partial charge is 0.355 e. The van der Waals surface area contributed by atoms with Gasteiger partial charge in [0.1, 0.15) is 12.6 Å². The molecule has 196 valence electrons. The quantitative estimate of drug-likeness (QED) is 0.378. The fourth-order valence-electron chi connectivity index (χ4n) is 3.96. The van der Waals surface area contributed by atoms with Crippen LogP contribution >= 0.6 is 11.6 Å². The third-order valence-electron chi connectivity index (χ3n) is 5.94. The van der Waals surface area contributed by atoms with E-state index in [2.05, 4.69) is 5.32 Å². The Hall–Kier alpha value is -3.36. The number of carbonyl (C=O) groups is 2. The fourth-order valence-corrected chi connectivity index (χ4v) is 5.52. The van der Waals surface area contributed by atoms with Crippen molar-refractivity contribution in [1.82, 2.24) is 10.2 Å². The van der Waals surface area contributed by atoms with Gasteiger partial charge in [-0.3, -0.25) is 13.9 Å². The van der Waals surface area contributed by atoms with Crippen molar-refractivity contribution >= 4 is 39.1 Å². The summed E-state index contributed by atoms with van der Waals surface area (Å²) in [5, 5.41) is 3.23. The molecule has 3 aromatic rings. The second kappa shape index (κ2) is 12.7. The molecule has 0 bridgehead atoms. The molecule has 7 nitrogen and oxygen atoms in total. The minimum absolute atomic E-state index is 0.0543. The van der Waals surface area contributed by atoms with E-state index in [0.717, 1.165) is 15.4 Å². The maximum absolute atomic E-state index is 13.9. The lowest BCUT2D eigenvalue weighted by molar-refractivity contribution is -0.140. The number of nitrogens with one attached hydrogen (secondary N) is 1. The first-order chi connectivity index (χ1) is 17.7. The highest BCUT2D eigenvalue weighted by molar-refractivity contribution is 7.92. The number of halogens is 1. The first-order valence-electron chi connectivity index (χ1n) is 12.1. The number of sulfonamides is 1. The van der Waals surface area contributed by atoms with Crippen LogP contribution < -0.4 is 9.62 Å². The molecule has 0 fully saturated rings. The van der Waals surface area contributed by atoms with E-state index in [1.54, 1.807) is 42.5 Å². The maximum atomic E-state index is 13.9. The van der Waals surface area contributed by atoms with Crippen molar-refractivity contribution in [3.8, 4) is 0 Å². The minimum atomic E-state index is -4.09. The van der Waals surface area contributed by atoms with Gasteiger partial charge < -0.3 is 10.2 Å². The van der Waals surface area contributed by atoms with Gasteiger partial charge >= 0.3 is 0 Å². The van der Waals surface area contributed by atoms with Crippen LogP contribution in [0.15, 0.2) is 83.8 Å². The molecule has 37 heavy (non-hydrogen) atoms. The van der Waals surface area contributed by atoms with Crippen LogP contribution in [0.25, 0.3) is 0 Å². The van der Waals surface area contributed by atoms with Crippen LogP contribution in [0.1, 0.15) is 31.4 Å². The van der Waals surface area contributed by atoms with E-state index in [1.807, 2.05) is 45.0 Å². The summed E-state index contributed by atoms with van der Waals surface area (Å²) in [5.41, 5.74) is 2.20. The van der Waals surface area contributed by atoms with E-state index >= 15 is 0 Å². The van der Waals surface area contributed by atoms with E-state index in [9.17, 15) is 18.0 Å². The topological polar surface area (TPSA) is 86.8 Å². The van der Waals surface area contributed by atoms with Crippen LogP contribution in [0.4, 0.5) is 5.69 Å². The standard InChI is InChI=1S/C28H32ClN3O4S/c1-4-26(28(34)30-5-2)31(19-22-13-11-21(3)12-14-22)27(33)20-32(24-17-15-23(29)16-18-24)37(35,36)25-9-7-6-8-10-25/h6-18,26H,4-5,19-20H2,1-3H3,(H,30,34). The second-order valence-electron chi connectivity index (χ2n) is 8.63. The SMILES string of the molecule is CCNC(=O)C(CC)N(Cc1ccc(C)cc1)C(=O)CN(c1ccc(Cl)cc1)S(=O)(=O)c1ccccc1. The fraction of sp³-hybridized carbons (Fsp3) is 0.286. The molecule has 9 heteroatoms. The third kappa shape index (κ3) is 7.11. The lowest BCUT2D eigenvalue weighted by Gasteiger charge is -2.33. The Balaban J connectivity index is 2.03. The third-order valence-corrected chi connectivity index (χ3v) is 7.98. The molecule has 0 heterocycles. The number of nitrogens with zero attached hydrogens (tertiary/aromatic N) is 2. The predicted octanol–water partition coefficient (Wildman–Crippen LogP) is 4.79. The van der Waals surface area contributed by atoms with Crippen LogP contribution in [0.3, 0.4) is 0 Å². The Labute approximate surface area is 224 Å². The zero-order chi connectivity index (χ0) is 27.0. The molecule has 0 spiro atoms. The Bertz CT molecular complexity index is 1300. The summed E-state index contributed by atoms with van der Waals surface area (Å²) in [7, 11) is -4.09. The van der Waals surface area contributed by atoms with Crippen molar-refractivity contribution in [3.05, 3.63) is 95.0 Å². The van der Waals surface area contributed by atoms with E-state index < -0.39 is 28.5 Å². The molecule has 1 atom stereocenters. The molecule has 0 saturated heterocycles. The molecular formula is C28H32ClN3O4S. The van der Waals surface area contributed by atoms with Crippen molar-refractivity contribution in [3.63, 3.8) is 0 Å². The number of carbonyl (C=O) groups excluding carboxylic acids is 2. The Kier molecular flexibility index (Phi) is 9.72. The summed E-state index contributed by atoms with van der Waals surface area (Å²) in [5.74, 6) is -0.775. The summed E-state index contributed by atoms with van der Waals surface area (Å²) in [6.45, 7) is 5.70. The number of anilines is 1. The molecule has 3 aromatic carbocycles. The van der Waals surface area contributed by atoms with Gasteiger partial charge in [0, 0.05) is 18.1 Å². The summed E-state index contributed by atoms with van der Waals surface area (Å²) < 4.78 is 28.4. The van der Waals surface area contributed by atoms with Gasteiger partial charge in [-0.05, 0) is 62.2 Å². The lowest BCUT2D eigenvalue weighted by Crippen LogP contribution is -2.52. The first-order valence-corrected chi connectivity index (χ1v) is 13.9. The number of benzene rings is 3. The number of rotatable bonds is 11. The number of amides is 2. The van der Waals surface area contributed by atoms with E-state index in [-0.39, 0.29) is 17.3 Å². The Morgan fingerprint density at radius 3 is 2.11 bits per heavy atom. The van der Waals surface area contributed by atoms with Crippen LogP contribution in [-0.2, 0) is 26.2 Å². The van der Waals surface area contributed by atoms with Crippen molar-refractivity contribution < 1.29 is 18.0 Å². The Morgan fingerprint density at radius 2 is 1.54 bits per heavy atom. The molecule has 0 aromatic heterocycles. The average Bonchev–Trinajstić information content (AvgIpc) is 2.89. The van der Waals surface area contributed by atoms with Crippen molar-refractivity contribution in [2.75, 3.05) is 17.4 Å². The van der Waals surface area contributed by atoms with Gasteiger partial charge in [0.05, 0.1) is 10.6 Å². The average molecular weight is 542 g/mol. The van der Waals surface area contributed by atoms with Crippen LogP contribution in [0, 0.1) is 6.92 Å². The van der Waals surface area contributed by atoms with Gasteiger partial charge in [-0.25, -0.2) is 8.42 Å². The number of likely N-dealkylation sites (N-methyl/N-ethyl adjacent to an activating group) is 1. The number of aryl methyl sites for hydroxylation is 1. The van der Waals surface area contributed by atoms with E-state index in [0.29, 0.717) is 23.7 Å². The molecule has 0 saturated carbocycles. The van der Waals surface area contributed by atoms with Gasteiger partial charge in [0.15, 0.2) is 0 Å². The van der Waals surface area contributed by atoms with E-state index in [1.165, 1.54) is 17.0 Å². The Morgan fingerprint density at radius 1 is 0.919 bits per heavy atom. The second-order valence-corrected chi connectivity index (χ2v) is 10.9. The molecule has 1 N–H and O–H groups in total. The molecule has 0 aliphatic rings. The summed E-state index contributed by atoms with van der Waals surface area (Å²) in [4.78, 5) is 28.3. The monoisotopic (exact) mass is 541 g/mol. The predicted molar refractivity (Wildman–Crippen MR) is 147 cm³/mol. The highest BCUT2D eigenvalue weighted by Gasteiger charge is 2.33. The van der Waals surface area contributed by atoms with E-state index in [4.69, 9.17) is 11.6 Å². The molecule has 0 radical (unpaired) electrons. The van der Waals surface area contributed by atoms with Gasteiger partial charge in [-0.15, -0.1) is 0 Å². The molecule has 0 aliphatic carbocycles. The molecule has 1 unspecified atom stereocenters. The van der Waals surface area contributed by atoms with Gasteiger partial charge in [0.25, 0.3) is 10.0 Å². The van der Waals surface area contributed by atoms with Crippen LogP contribution in [0.2, 0.25) is 5.02 Å². The summed E-state index contributed by atoms with van der Waals surface area (Å²) >= 11 is 6.04. The van der Waals surface area contributed by atoms with Gasteiger partial charge in [0.2, 0.25) is 11.8 Å². The molecule has 2 amide bonds. The summed E-state index contributed by atoms with van der Waals surface area (Å²) in [6, 6.07) is 21.1. The highest BCUT2D eigenvalue weighted by atomic mass is 35.5. The zero-order valence-corrected chi connectivity index (χ0v) is 22.8. The van der Waals surface area contributed by atoms with Gasteiger partial charge in [-0.1, -0.05) is 66.6 Å². The lowest BCUT2D eigenvalue weighted by atomic mass is 10.1. The normalized spacial score (nSPS) is 12.0. The number of hydrogen-bond donors (Lipinski definition) is 1. The zero-order valence-electron chi connectivity index (χ0n) is 21.2. The van der Waals surface area contributed by atoms with Crippen molar-refractivity contribution in [2.24, 2.45) is 0 Å². The number of hydrogen-bond acceptors (Lipinski definition) is 4. The van der Waals surface area contributed by atoms with Crippen LogP contribution in [0.5, 0.6) is 0 Å². The molecule has 0 aliphatic heterocycles. The first kappa shape index (κ1) is 28.2. The van der Waals surface area contributed by atoms with Crippen LogP contribution in [-0.4, -0.2) is 44.3 Å².